The van der Waals surface area contributed by atoms with Crippen LogP contribution in [0.25, 0.3) is 0 Å². The van der Waals surface area contributed by atoms with Crippen molar-refractivity contribution in [3.05, 3.63) is 0 Å². The summed E-state index contributed by atoms with van der Waals surface area (Å²) in [5.41, 5.74) is -0.336. The number of nitrogens with one attached hydrogen (secondary N) is 1. The van der Waals surface area contributed by atoms with Gasteiger partial charge in [0, 0.05) is 7.85 Å². The molecule has 1 amide bonds. The molecule has 0 saturated carbocycles. The van der Waals surface area contributed by atoms with Crippen LogP contribution in [-0.4, -0.2) is 23.2 Å². The lowest BCUT2D eigenvalue weighted by molar-refractivity contribution is -0.119. The number of aliphatic hydroxyl groups is 1. The summed E-state index contributed by atoms with van der Waals surface area (Å²) in [4.78, 5) is 10.6. The van der Waals surface area contributed by atoms with Crippen molar-refractivity contribution in [1.82, 2.24) is 5.32 Å². The Bertz CT molecular complexity index is 141. The van der Waals surface area contributed by atoms with E-state index in [1.54, 1.807) is 0 Å². The molecule has 0 aromatic heterocycles. The van der Waals surface area contributed by atoms with Crippen LogP contribution in [0.4, 0.5) is 0 Å². The minimum absolute atomic E-state index is 0. The molecule has 1 rings (SSSR count). The Morgan fingerprint density at radius 2 is 2.27 bits per heavy atom. The summed E-state index contributed by atoms with van der Waals surface area (Å²) in [7, 11) is 0. The fraction of sp³-hybridized carbons (Fsp3) is 0.875. The van der Waals surface area contributed by atoms with E-state index < -0.39 is 0 Å². The molecule has 1 heterocycles. The Labute approximate surface area is 69.3 Å². The zero-order valence-corrected chi connectivity index (χ0v) is 7.48. The van der Waals surface area contributed by atoms with Gasteiger partial charge in [0.15, 0.2) is 0 Å². The zero-order chi connectivity index (χ0) is 8.91. The zero-order valence-electron chi connectivity index (χ0n) is 7.48. The highest BCUT2D eigenvalue weighted by molar-refractivity contribution is 5.79. The lowest BCUT2D eigenvalue weighted by Gasteiger charge is -2.19. The molecule has 3 heteroatoms. The van der Waals surface area contributed by atoms with Gasteiger partial charge in [-0.1, -0.05) is 13.8 Å². The van der Waals surface area contributed by atoms with Crippen LogP contribution in [0.1, 0.15) is 35.0 Å². The van der Waals surface area contributed by atoms with E-state index in [0.29, 0.717) is 6.42 Å². The molecule has 68 valence electrons. The largest absolute Gasteiger partial charge is 0.394 e. The standard InChI is InChI=1S/C6H11NO2.C2H6.H2/c1-6(4-8)3-2-5(9)7-6;1-2;/h8H,2-4H2,1H3,(H,7,9);1-2H3;1H/t6-;;/m1../s1. The second-order valence-electron chi connectivity index (χ2n) is 2.77. The van der Waals surface area contributed by atoms with Crippen molar-refractivity contribution in [2.45, 2.75) is 39.2 Å². The molecule has 0 unspecified atom stereocenters. The van der Waals surface area contributed by atoms with Gasteiger partial charge in [-0.15, -0.1) is 0 Å². The van der Waals surface area contributed by atoms with Crippen molar-refractivity contribution in [2.75, 3.05) is 6.61 Å². The van der Waals surface area contributed by atoms with Crippen LogP contribution in [0, 0.1) is 0 Å². The molecule has 0 aliphatic carbocycles. The maximum Gasteiger partial charge on any atom is 0.220 e. The van der Waals surface area contributed by atoms with E-state index in [1.807, 2.05) is 20.8 Å². The van der Waals surface area contributed by atoms with Crippen LogP contribution in [0.3, 0.4) is 0 Å². The van der Waals surface area contributed by atoms with Gasteiger partial charge in [0.1, 0.15) is 0 Å². The SMILES string of the molecule is CC.C[C@]1(CO)CCC(=O)N1.[HH]. The molecular formula is C8H19NO2. The van der Waals surface area contributed by atoms with E-state index in [1.165, 1.54) is 0 Å². The van der Waals surface area contributed by atoms with Crippen LogP contribution in [0.2, 0.25) is 0 Å². The van der Waals surface area contributed by atoms with Gasteiger partial charge in [-0.2, -0.15) is 0 Å². The lowest BCUT2D eigenvalue weighted by atomic mass is 10.0. The number of amides is 1. The van der Waals surface area contributed by atoms with Crippen molar-refractivity contribution in [3.8, 4) is 0 Å². The van der Waals surface area contributed by atoms with E-state index in [0.717, 1.165) is 6.42 Å². The van der Waals surface area contributed by atoms with Gasteiger partial charge >= 0.3 is 0 Å². The molecule has 11 heavy (non-hydrogen) atoms. The van der Waals surface area contributed by atoms with E-state index >= 15 is 0 Å². The second-order valence-corrected chi connectivity index (χ2v) is 2.77. The third-order valence-electron chi connectivity index (χ3n) is 1.69. The van der Waals surface area contributed by atoms with Gasteiger partial charge in [-0.25, -0.2) is 0 Å². The molecule has 0 aromatic rings. The number of carbonyl (C=O) groups excluding carboxylic acids is 1. The van der Waals surface area contributed by atoms with Gasteiger partial charge < -0.3 is 10.4 Å². The fourth-order valence-corrected chi connectivity index (χ4v) is 0.970. The summed E-state index contributed by atoms with van der Waals surface area (Å²) in [6.07, 6.45) is 1.30. The maximum absolute atomic E-state index is 10.6. The lowest BCUT2D eigenvalue weighted by Crippen LogP contribution is -2.41. The van der Waals surface area contributed by atoms with Crippen molar-refractivity contribution in [2.24, 2.45) is 0 Å². The summed E-state index contributed by atoms with van der Waals surface area (Å²) in [6, 6.07) is 0. The highest BCUT2D eigenvalue weighted by atomic mass is 16.3. The topological polar surface area (TPSA) is 49.3 Å². The first-order chi connectivity index (χ1) is 5.16. The quantitative estimate of drug-likeness (QED) is 0.601. The van der Waals surface area contributed by atoms with E-state index in [-0.39, 0.29) is 19.5 Å². The Morgan fingerprint density at radius 3 is 2.45 bits per heavy atom. The Hall–Kier alpha value is -0.570. The molecule has 1 aliphatic heterocycles. The molecule has 1 fully saturated rings. The van der Waals surface area contributed by atoms with E-state index in [2.05, 4.69) is 5.32 Å². The fourth-order valence-electron chi connectivity index (χ4n) is 0.970. The highest BCUT2D eigenvalue weighted by Crippen LogP contribution is 2.17. The van der Waals surface area contributed by atoms with Gasteiger partial charge in [0.05, 0.1) is 12.1 Å². The number of hydrogen-bond donors (Lipinski definition) is 2. The summed E-state index contributed by atoms with van der Waals surface area (Å²) in [5, 5.41) is 11.4. The molecule has 1 saturated heterocycles. The predicted molar refractivity (Wildman–Crippen MR) is 46.3 cm³/mol. The smallest absolute Gasteiger partial charge is 0.220 e. The van der Waals surface area contributed by atoms with Crippen molar-refractivity contribution in [1.29, 1.82) is 0 Å². The number of carbonyl (C=O) groups is 1. The monoisotopic (exact) mass is 161 g/mol. The van der Waals surface area contributed by atoms with Crippen LogP contribution < -0.4 is 5.32 Å². The van der Waals surface area contributed by atoms with Crippen LogP contribution in [0.5, 0.6) is 0 Å². The Kier molecular flexibility index (Phi) is 4.11. The third-order valence-corrected chi connectivity index (χ3v) is 1.69. The molecular weight excluding hydrogens is 142 g/mol. The third kappa shape index (κ3) is 2.89. The summed E-state index contributed by atoms with van der Waals surface area (Å²) < 4.78 is 0. The van der Waals surface area contributed by atoms with Gasteiger partial charge in [-0.05, 0) is 13.3 Å². The summed E-state index contributed by atoms with van der Waals surface area (Å²) >= 11 is 0. The summed E-state index contributed by atoms with van der Waals surface area (Å²) in [5.74, 6) is 0.0477. The minimum Gasteiger partial charge on any atom is -0.394 e. The second kappa shape index (κ2) is 4.34. The number of aliphatic hydroxyl groups excluding tert-OH is 1. The minimum atomic E-state index is -0.336. The van der Waals surface area contributed by atoms with Crippen LogP contribution in [-0.2, 0) is 4.79 Å². The van der Waals surface area contributed by atoms with Crippen LogP contribution >= 0.6 is 0 Å². The van der Waals surface area contributed by atoms with Crippen LogP contribution in [0.15, 0.2) is 0 Å². The first-order valence-corrected chi connectivity index (χ1v) is 4.08. The molecule has 1 aliphatic rings. The molecule has 2 N–H and O–H groups in total. The van der Waals surface area contributed by atoms with Crippen molar-refractivity contribution in [3.63, 3.8) is 0 Å². The summed E-state index contributed by atoms with van der Waals surface area (Å²) in [6.45, 7) is 5.89. The van der Waals surface area contributed by atoms with E-state index in [9.17, 15) is 4.79 Å². The first-order valence-electron chi connectivity index (χ1n) is 4.08. The molecule has 1 atom stereocenters. The molecule has 0 bridgehead atoms. The van der Waals surface area contributed by atoms with Gasteiger partial charge in [-0.3, -0.25) is 4.79 Å². The maximum atomic E-state index is 10.6. The first kappa shape index (κ1) is 10.4. The van der Waals surface area contributed by atoms with Crippen molar-refractivity contribution < 1.29 is 11.3 Å². The van der Waals surface area contributed by atoms with Gasteiger partial charge in [0.25, 0.3) is 0 Å². The average molecular weight is 161 g/mol. The molecule has 0 radical (unpaired) electrons. The number of hydrogen-bond acceptors (Lipinski definition) is 2. The normalized spacial score (nSPS) is 28.9. The Morgan fingerprint density at radius 1 is 1.73 bits per heavy atom. The molecule has 0 aromatic carbocycles. The van der Waals surface area contributed by atoms with Crippen molar-refractivity contribution >= 4 is 5.91 Å². The molecule has 3 nitrogen and oxygen atoms in total. The number of rotatable bonds is 1. The highest BCUT2D eigenvalue weighted by Gasteiger charge is 2.31. The Balaban J connectivity index is 0. The predicted octanol–water partition coefficient (Wildman–Crippen LogP) is 0.920. The average Bonchev–Trinajstić information content (AvgIpc) is 2.37. The molecule has 0 spiro atoms. The van der Waals surface area contributed by atoms with Gasteiger partial charge in [0.2, 0.25) is 5.91 Å². The van der Waals surface area contributed by atoms with E-state index in [4.69, 9.17) is 5.11 Å².